The van der Waals surface area contributed by atoms with Gasteiger partial charge >= 0.3 is 5.97 Å². The minimum atomic E-state index is -0.806. The van der Waals surface area contributed by atoms with E-state index in [1.807, 2.05) is 26.0 Å². The van der Waals surface area contributed by atoms with Crippen molar-refractivity contribution in [3.8, 4) is 5.88 Å². The van der Waals surface area contributed by atoms with E-state index in [1.165, 1.54) is 0 Å². The molecule has 0 fully saturated rings. The third-order valence-electron chi connectivity index (χ3n) is 3.30. The van der Waals surface area contributed by atoms with Crippen molar-refractivity contribution in [3.63, 3.8) is 0 Å². The lowest BCUT2D eigenvalue weighted by molar-refractivity contribution is -0.150. The number of aromatic nitrogens is 1. The van der Waals surface area contributed by atoms with Crippen LogP contribution in [0.5, 0.6) is 5.88 Å². The number of carboxylic acid groups (broad SMARTS) is 1. The molecule has 4 nitrogen and oxygen atoms in total. The predicted octanol–water partition coefficient (Wildman–Crippen LogP) is 2.38. The summed E-state index contributed by atoms with van der Waals surface area (Å²) < 4.78 is 5.03. The van der Waals surface area contributed by atoms with Crippen LogP contribution in [0.4, 0.5) is 0 Å². The fraction of sp³-hybridized carbons (Fsp3) is 0.538. The van der Waals surface area contributed by atoms with Gasteiger partial charge in [-0.05, 0) is 18.9 Å². The Morgan fingerprint density at radius 1 is 1.53 bits per heavy atom. The summed E-state index contributed by atoms with van der Waals surface area (Å²) in [5.74, 6) is -0.246. The van der Waals surface area contributed by atoms with Gasteiger partial charge in [0.15, 0.2) is 0 Å². The molecule has 1 atom stereocenters. The lowest BCUT2D eigenvalue weighted by Gasteiger charge is -2.28. The van der Waals surface area contributed by atoms with Crippen LogP contribution in [0, 0.1) is 11.3 Å². The van der Waals surface area contributed by atoms with Gasteiger partial charge in [-0.3, -0.25) is 4.79 Å². The molecule has 1 unspecified atom stereocenters. The van der Waals surface area contributed by atoms with E-state index in [2.05, 4.69) is 4.98 Å². The second-order valence-corrected chi connectivity index (χ2v) is 4.73. The van der Waals surface area contributed by atoms with Gasteiger partial charge in [0.05, 0.1) is 12.5 Å². The standard InChI is InChI=1S/C13H19NO3/c1-9(2)13(3,12(15)16)8-10-6-5-7-11(14-10)17-4/h5-7,9H,8H2,1-4H3,(H,15,16). The van der Waals surface area contributed by atoms with Gasteiger partial charge in [-0.25, -0.2) is 4.98 Å². The Labute approximate surface area is 102 Å². The zero-order valence-electron chi connectivity index (χ0n) is 10.7. The van der Waals surface area contributed by atoms with Crippen LogP contribution in [0.25, 0.3) is 0 Å². The van der Waals surface area contributed by atoms with Crippen molar-refractivity contribution in [2.75, 3.05) is 7.11 Å². The number of rotatable bonds is 5. The molecular formula is C13H19NO3. The second kappa shape index (κ2) is 5.17. The summed E-state index contributed by atoms with van der Waals surface area (Å²) in [6, 6.07) is 5.40. The number of ether oxygens (including phenoxy) is 1. The molecule has 4 heteroatoms. The molecular weight excluding hydrogens is 218 g/mol. The van der Waals surface area contributed by atoms with Crippen molar-refractivity contribution in [3.05, 3.63) is 23.9 Å². The van der Waals surface area contributed by atoms with Crippen LogP contribution in [0.3, 0.4) is 0 Å². The van der Waals surface area contributed by atoms with Crippen LogP contribution in [0.2, 0.25) is 0 Å². The van der Waals surface area contributed by atoms with Gasteiger partial charge in [-0.1, -0.05) is 19.9 Å². The Balaban J connectivity index is 2.98. The van der Waals surface area contributed by atoms with Crippen molar-refractivity contribution < 1.29 is 14.6 Å². The first-order chi connectivity index (χ1) is 7.90. The van der Waals surface area contributed by atoms with Crippen LogP contribution >= 0.6 is 0 Å². The Bertz CT molecular complexity index is 403. The highest BCUT2D eigenvalue weighted by Gasteiger charge is 2.37. The topological polar surface area (TPSA) is 59.4 Å². The number of methoxy groups -OCH3 is 1. The third kappa shape index (κ3) is 2.96. The highest BCUT2D eigenvalue weighted by Crippen LogP contribution is 2.31. The van der Waals surface area contributed by atoms with E-state index in [1.54, 1.807) is 20.1 Å². The number of nitrogens with zero attached hydrogens (tertiary/aromatic N) is 1. The van der Waals surface area contributed by atoms with Crippen LogP contribution in [-0.2, 0) is 11.2 Å². The van der Waals surface area contributed by atoms with Gasteiger partial charge in [0.1, 0.15) is 0 Å². The minimum absolute atomic E-state index is 0.0352. The first kappa shape index (κ1) is 13.5. The highest BCUT2D eigenvalue weighted by molar-refractivity contribution is 5.74. The molecule has 0 aliphatic rings. The average Bonchev–Trinajstić information content (AvgIpc) is 2.28. The average molecular weight is 237 g/mol. The maximum absolute atomic E-state index is 11.4. The van der Waals surface area contributed by atoms with E-state index in [9.17, 15) is 9.90 Å². The second-order valence-electron chi connectivity index (χ2n) is 4.73. The molecule has 0 bridgehead atoms. The maximum Gasteiger partial charge on any atom is 0.310 e. The zero-order valence-corrected chi connectivity index (χ0v) is 10.7. The largest absolute Gasteiger partial charge is 0.481 e. The molecule has 1 heterocycles. The summed E-state index contributed by atoms with van der Waals surface area (Å²) in [6.45, 7) is 5.57. The Morgan fingerprint density at radius 3 is 2.65 bits per heavy atom. The van der Waals surface area contributed by atoms with Crippen molar-refractivity contribution in [1.82, 2.24) is 4.98 Å². The van der Waals surface area contributed by atoms with Gasteiger partial charge in [-0.2, -0.15) is 0 Å². The van der Waals surface area contributed by atoms with E-state index < -0.39 is 11.4 Å². The molecule has 0 spiro atoms. The number of carbonyl (C=O) groups is 1. The monoisotopic (exact) mass is 237 g/mol. The highest BCUT2D eigenvalue weighted by atomic mass is 16.5. The summed E-state index contributed by atoms with van der Waals surface area (Å²) in [7, 11) is 1.55. The molecule has 0 aromatic carbocycles. The molecule has 1 N–H and O–H groups in total. The molecule has 1 aromatic heterocycles. The molecule has 1 aromatic rings. The first-order valence-corrected chi connectivity index (χ1v) is 5.63. The van der Waals surface area contributed by atoms with Gasteiger partial charge < -0.3 is 9.84 Å². The third-order valence-corrected chi connectivity index (χ3v) is 3.30. The quantitative estimate of drug-likeness (QED) is 0.854. The van der Waals surface area contributed by atoms with E-state index in [0.29, 0.717) is 12.3 Å². The van der Waals surface area contributed by atoms with Crippen molar-refractivity contribution in [2.45, 2.75) is 27.2 Å². The molecule has 0 amide bonds. The number of pyridine rings is 1. The fourth-order valence-electron chi connectivity index (χ4n) is 1.57. The Kier molecular flexibility index (Phi) is 4.10. The summed E-state index contributed by atoms with van der Waals surface area (Å²) in [5.41, 5.74) is -0.0673. The van der Waals surface area contributed by atoms with E-state index in [-0.39, 0.29) is 5.92 Å². The van der Waals surface area contributed by atoms with Gasteiger partial charge in [0.2, 0.25) is 5.88 Å². The predicted molar refractivity (Wildman–Crippen MR) is 65.1 cm³/mol. The molecule has 1 rings (SSSR count). The normalized spacial score (nSPS) is 14.4. The Morgan fingerprint density at radius 2 is 2.18 bits per heavy atom. The van der Waals surface area contributed by atoms with Gasteiger partial charge in [-0.15, -0.1) is 0 Å². The summed E-state index contributed by atoms with van der Waals surface area (Å²) in [6.07, 6.45) is 0.400. The van der Waals surface area contributed by atoms with E-state index in [0.717, 1.165) is 5.69 Å². The summed E-state index contributed by atoms with van der Waals surface area (Å²) in [4.78, 5) is 15.6. The van der Waals surface area contributed by atoms with Crippen LogP contribution < -0.4 is 4.74 Å². The lowest BCUT2D eigenvalue weighted by Crippen LogP contribution is -2.35. The van der Waals surface area contributed by atoms with Crippen molar-refractivity contribution in [1.29, 1.82) is 0 Å². The molecule has 94 valence electrons. The van der Waals surface area contributed by atoms with Gasteiger partial charge in [0.25, 0.3) is 0 Å². The summed E-state index contributed by atoms with van der Waals surface area (Å²) >= 11 is 0. The molecule has 0 saturated carbocycles. The number of hydrogen-bond acceptors (Lipinski definition) is 3. The van der Waals surface area contributed by atoms with E-state index >= 15 is 0 Å². The smallest absolute Gasteiger partial charge is 0.310 e. The van der Waals surface area contributed by atoms with Crippen molar-refractivity contribution >= 4 is 5.97 Å². The molecule has 0 aliphatic carbocycles. The lowest BCUT2D eigenvalue weighted by atomic mass is 9.75. The number of hydrogen-bond donors (Lipinski definition) is 1. The van der Waals surface area contributed by atoms with Crippen LogP contribution in [-0.4, -0.2) is 23.2 Å². The van der Waals surface area contributed by atoms with Crippen LogP contribution in [0.1, 0.15) is 26.5 Å². The van der Waals surface area contributed by atoms with Gasteiger partial charge in [0, 0.05) is 18.2 Å². The fourth-order valence-corrected chi connectivity index (χ4v) is 1.57. The maximum atomic E-state index is 11.4. The molecule has 0 aliphatic heterocycles. The van der Waals surface area contributed by atoms with Crippen molar-refractivity contribution in [2.24, 2.45) is 11.3 Å². The summed E-state index contributed by atoms with van der Waals surface area (Å²) in [5, 5.41) is 9.33. The van der Waals surface area contributed by atoms with E-state index in [4.69, 9.17) is 4.74 Å². The Hall–Kier alpha value is -1.58. The number of carboxylic acids is 1. The van der Waals surface area contributed by atoms with Crippen LogP contribution in [0.15, 0.2) is 18.2 Å². The minimum Gasteiger partial charge on any atom is -0.481 e. The molecule has 0 saturated heterocycles. The zero-order chi connectivity index (χ0) is 13.1. The first-order valence-electron chi connectivity index (χ1n) is 5.63. The molecule has 0 radical (unpaired) electrons. The molecule has 17 heavy (non-hydrogen) atoms. The SMILES string of the molecule is COc1cccc(CC(C)(C(=O)O)C(C)C)n1. The number of aliphatic carboxylic acids is 1.